The minimum atomic E-state index is -3.07. The van der Waals surface area contributed by atoms with Crippen molar-refractivity contribution >= 4 is 45.7 Å². The van der Waals surface area contributed by atoms with Crippen LogP contribution in [0.1, 0.15) is 20.3 Å². The second kappa shape index (κ2) is 8.32. The first-order valence-electron chi connectivity index (χ1n) is 6.99. The van der Waals surface area contributed by atoms with Crippen molar-refractivity contribution in [1.29, 1.82) is 0 Å². The Hall–Kier alpha value is -0.580. The van der Waals surface area contributed by atoms with Gasteiger partial charge in [0, 0.05) is 47.2 Å². The van der Waals surface area contributed by atoms with Gasteiger partial charge in [0.2, 0.25) is 5.91 Å². The molecule has 7 nitrogen and oxygen atoms in total. The predicted molar refractivity (Wildman–Crippen MR) is 99.5 cm³/mol. The molecule has 1 heterocycles. The van der Waals surface area contributed by atoms with Crippen LogP contribution < -0.4 is 5.32 Å². The molecule has 1 saturated heterocycles. The average molecular weight is 446 g/mol. The van der Waals surface area contributed by atoms with Gasteiger partial charge in [0.05, 0.1) is 10.5 Å². The van der Waals surface area contributed by atoms with Crippen molar-refractivity contribution in [3.63, 3.8) is 0 Å². The van der Waals surface area contributed by atoms with Gasteiger partial charge in [0.25, 0.3) is 0 Å². The van der Waals surface area contributed by atoms with E-state index in [-0.39, 0.29) is 35.6 Å². The molecule has 0 saturated carbocycles. The van der Waals surface area contributed by atoms with Crippen LogP contribution in [0.25, 0.3) is 0 Å². The summed E-state index contributed by atoms with van der Waals surface area (Å²) in [6.07, 6.45) is 0.377. The summed E-state index contributed by atoms with van der Waals surface area (Å²) in [4.78, 5) is 19.2. The summed E-state index contributed by atoms with van der Waals surface area (Å²) in [6, 6.07) is 0. The van der Waals surface area contributed by atoms with Crippen molar-refractivity contribution in [3.05, 3.63) is 0 Å². The van der Waals surface area contributed by atoms with E-state index in [0.29, 0.717) is 32.0 Å². The molecule has 1 amide bonds. The molecular weight excluding hydrogens is 419 g/mol. The largest absolute Gasteiger partial charge is 0.356 e. The second-order valence-electron chi connectivity index (χ2n) is 6.01. The summed E-state index contributed by atoms with van der Waals surface area (Å²) < 4.78 is 23.2. The third-order valence-corrected chi connectivity index (χ3v) is 6.21. The third kappa shape index (κ3) is 5.25. The van der Waals surface area contributed by atoms with Crippen LogP contribution in [0.15, 0.2) is 4.99 Å². The van der Waals surface area contributed by atoms with Gasteiger partial charge in [-0.3, -0.25) is 9.79 Å². The van der Waals surface area contributed by atoms with Gasteiger partial charge >= 0.3 is 0 Å². The normalized spacial score (nSPS) is 20.0. The molecule has 1 N–H and O–H groups in total. The Morgan fingerprint density at radius 3 is 2.41 bits per heavy atom. The van der Waals surface area contributed by atoms with Gasteiger partial charge in [-0.2, -0.15) is 0 Å². The van der Waals surface area contributed by atoms with Crippen LogP contribution in [0.2, 0.25) is 0 Å². The van der Waals surface area contributed by atoms with E-state index < -0.39 is 14.6 Å². The zero-order valence-electron chi connectivity index (χ0n) is 13.9. The highest BCUT2D eigenvalue weighted by Gasteiger charge is 2.40. The number of carbonyl (C=O) groups excluding carboxylic acids is 1. The molecule has 1 aliphatic heterocycles. The Balaban J connectivity index is 0.00000441. The molecule has 1 aliphatic rings. The van der Waals surface area contributed by atoms with Gasteiger partial charge in [0.15, 0.2) is 15.8 Å². The van der Waals surface area contributed by atoms with Gasteiger partial charge in [-0.15, -0.1) is 24.0 Å². The first kappa shape index (κ1) is 21.4. The van der Waals surface area contributed by atoms with Gasteiger partial charge < -0.3 is 15.1 Å². The maximum absolute atomic E-state index is 12.0. The lowest BCUT2D eigenvalue weighted by atomic mass is 10.2. The maximum Gasteiger partial charge on any atom is 0.223 e. The highest BCUT2D eigenvalue weighted by atomic mass is 127. The summed E-state index contributed by atoms with van der Waals surface area (Å²) in [5, 5.41) is 3.12. The maximum atomic E-state index is 12.0. The molecule has 0 aromatic rings. The first-order chi connectivity index (χ1) is 9.60. The van der Waals surface area contributed by atoms with E-state index in [4.69, 9.17) is 0 Å². The zero-order chi connectivity index (χ0) is 16.3. The summed E-state index contributed by atoms with van der Waals surface area (Å²) >= 11 is 0. The molecule has 0 spiro atoms. The predicted octanol–water partition coefficient (Wildman–Crippen LogP) is 0.167. The number of hydrogen-bond acceptors (Lipinski definition) is 4. The monoisotopic (exact) mass is 446 g/mol. The van der Waals surface area contributed by atoms with E-state index in [2.05, 4.69) is 10.3 Å². The van der Waals surface area contributed by atoms with Gasteiger partial charge in [-0.05, 0) is 13.8 Å². The molecule has 0 unspecified atom stereocenters. The number of rotatable bonds is 3. The molecule has 130 valence electrons. The van der Waals surface area contributed by atoms with Crippen LogP contribution in [0.4, 0.5) is 0 Å². The number of guanidine groups is 1. The fourth-order valence-corrected chi connectivity index (χ4v) is 3.53. The van der Waals surface area contributed by atoms with Crippen molar-refractivity contribution in [2.24, 2.45) is 4.99 Å². The minimum Gasteiger partial charge on any atom is -0.356 e. The lowest BCUT2D eigenvalue weighted by molar-refractivity contribution is -0.128. The van der Waals surface area contributed by atoms with Crippen LogP contribution in [0.3, 0.4) is 0 Å². The van der Waals surface area contributed by atoms with Crippen LogP contribution in [0.5, 0.6) is 0 Å². The molecule has 0 bridgehead atoms. The highest BCUT2D eigenvalue weighted by molar-refractivity contribution is 14.0. The Kier molecular flexibility index (Phi) is 8.10. The summed E-state index contributed by atoms with van der Waals surface area (Å²) in [5.41, 5.74) is 0. The van der Waals surface area contributed by atoms with Gasteiger partial charge in [0.1, 0.15) is 0 Å². The Morgan fingerprint density at radius 2 is 1.95 bits per heavy atom. The molecule has 0 aromatic heterocycles. The number of nitrogens with zero attached hydrogens (tertiary/aromatic N) is 3. The number of aliphatic imine (C=N–C) groups is 1. The number of nitrogens with one attached hydrogen (secondary N) is 1. The van der Waals surface area contributed by atoms with E-state index in [9.17, 15) is 13.2 Å². The highest BCUT2D eigenvalue weighted by Crippen LogP contribution is 2.23. The quantitative estimate of drug-likeness (QED) is 0.380. The van der Waals surface area contributed by atoms with Crippen LogP contribution in [-0.2, 0) is 14.6 Å². The van der Waals surface area contributed by atoms with Gasteiger partial charge in [-0.25, -0.2) is 8.42 Å². The van der Waals surface area contributed by atoms with Crippen molar-refractivity contribution in [2.75, 3.05) is 46.5 Å². The Bertz CT molecular complexity index is 517. The number of carbonyl (C=O) groups is 1. The minimum absolute atomic E-state index is 0. The van der Waals surface area contributed by atoms with E-state index in [0.717, 1.165) is 0 Å². The van der Waals surface area contributed by atoms with Crippen LogP contribution in [-0.4, -0.2) is 81.4 Å². The lowest BCUT2D eigenvalue weighted by Gasteiger charge is -2.39. The first-order valence-corrected chi connectivity index (χ1v) is 8.64. The summed E-state index contributed by atoms with van der Waals surface area (Å²) in [6.45, 7) is 4.77. The molecule has 0 aliphatic carbocycles. The van der Waals surface area contributed by atoms with E-state index in [1.807, 2.05) is 4.90 Å². The fourth-order valence-electron chi connectivity index (χ4n) is 2.16. The SMILES string of the molecule is CN=C(NCCC(=O)N(C)C)N1CCS(=O)(=O)C(C)(C)C1.I. The molecule has 0 atom stereocenters. The van der Waals surface area contributed by atoms with Crippen molar-refractivity contribution < 1.29 is 13.2 Å². The van der Waals surface area contributed by atoms with E-state index in [1.165, 1.54) is 0 Å². The van der Waals surface area contributed by atoms with Crippen molar-refractivity contribution in [3.8, 4) is 0 Å². The second-order valence-corrected chi connectivity index (χ2v) is 8.76. The Morgan fingerprint density at radius 1 is 1.36 bits per heavy atom. The molecule has 9 heteroatoms. The van der Waals surface area contributed by atoms with Gasteiger partial charge in [-0.1, -0.05) is 0 Å². The molecule has 1 fully saturated rings. The summed E-state index contributed by atoms with van der Waals surface area (Å²) in [7, 11) is 2.03. The summed E-state index contributed by atoms with van der Waals surface area (Å²) in [5.74, 6) is 0.807. The standard InChI is InChI=1S/C13H26N4O3S.HI/c1-13(2)10-17(8-9-21(13,19)20)12(14-3)15-7-6-11(18)16(4)5;/h6-10H2,1-5H3,(H,14,15);1H. The Labute approximate surface area is 150 Å². The number of halogens is 1. The van der Waals surface area contributed by atoms with E-state index >= 15 is 0 Å². The van der Waals surface area contributed by atoms with E-state index in [1.54, 1.807) is 39.9 Å². The van der Waals surface area contributed by atoms with Crippen LogP contribution >= 0.6 is 24.0 Å². The number of amides is 1. The molecule has 0 aromatic carbocycles. The van der Waals surface area contributed by atoms with Crippen LogP contribution in [0, 0.1) is 0 Å². The van der Waals surface area contributed by atoms with Crippen molar-refractivity contribution in [2.45, 2.75) is 25.0 Å². The molecule has 1 rings (SSSR count). The van der Waals surface area contributed by atoms with Crippen molar-refractivity contribution in [1.82, 2.24) is 15.1 Å². The smallest absolute Gasteiger partial charge is 0.223 e. The number of sulfone groups is 1. The number of hydrogen-bond donors (Lipinski definition) is 1. The molecule has 22 heavy (non-hydrogen) atoms. The fraction of sp³-hybridized carbons (Fsp3) is 0.846. The third-order valence-electron chi connectivity index (χ3n) is 3.68. The zero-order valence-corrected chi connectivity index (χ0v) is 17.1. The average Bonchev–Trinajstić information content (AvgIpc) is 2.38. The lowest BCUT2D eigenvalue weighted by Crippen LogP contribution is -2.57. The molecular formula is C13H27IN4O3S. The topological polar surface area (TPSA) is 82.1 Å². The molecule has 0 radical (unpaired) electrons.